The minimum Gasteiger partial charge on any atom is -0.480 e. The first kappa shape index (κ1) is 18.9. The Bertz CT molecular complexity index is 1070. The van der Waals surface area contributed by atoms with Gasteiger partial charge in [0.15, 0.2) is 0 Å². The van der Waals surface area contributed by atoms with Crippen molar-refractivity contribution in [3.05, 3.63) is 64.2 Å². The molecule has 1 N–H and O–H groups in total. The molecule has 0 aromatic heterocycles. The van der Waals surface area contributed by atoms with Crippen LogP contribution in [-0.2, 0) is 4.79 Å². The second-order valence-electron chi connectivity index (χ2n) is 7.49. The third kappa shape index (κ3) is 2.99. The predicted molar refractivity (Wildman–Crippen MR) is 105 cm³/mol. The first-order valence-electron chi connectivity index (χ1n) is 9.43. The average molecular weight is 392 g/mol. The van der Waals surface area contributed by atoms with Crippen LogP contribution >= 0.6 is 0 Å². The summed E-state index contributed by atoms with van der Waals surface area (Å²) in [7, 11) is 0. The van der Waals surface area contributed by atoms with E-state index in [0.717, 1.165) is 16.0 Å². The van der Waals surface area contributed by atoms with Gasteiger partial charge >= 0.3 is 5.97 Å². The van der Waals surface area contributed by atoms with Gasteiger partial charge in [0.1, 0.15) is 6.04 Å². The van der Waals surface area contributed by atoms with Gasteiger partial charge in [0.25, 0.3) is 17.7 Å². The average Bonchev–Trinajstić information content (AvgIpc) is 3.27. The number of hydrogen-bond donors (Lipinski definition) is 1. The maximum atomic E-state index is 13.0. The molecule has 4 rings (SSSR count). The summed E-state index contributed by atoms with van der Waals surface area (Å²) >= 11 is 0. The summed E-state index contributed by atoms with van der Waals surface area (Å²) in [5, 5.41) is 9.32. The van der Waals surface area contributed by atoms with E-state index in [9.17, 15) is 24.3 Å². The monoisotopic (exact) mass is 392 g/mol. The van der Waals surface area contributed by atoms with Crippen LogP contribution in [-0.4, -0.2) is 46.3 Å². The van der Waals surface area contributed by atoms with Crippen molar-refractivity contribution in [2.45, 2.75) is 32.7 Å². The molecule has 29 heavy (non-hydrogen) atoms. The molecule has 0 spiro atoms. The van der Waals surface area contributed by atoms with Crippen molar-refractivity contribution in [2.75, 3.05) is 11.4 Å². The Morgan fingerprint density at radius 3 is 2.45 bits per heavy atom. The Balaban J connectivity index is 1.70. The van der Waals surface area contributed by atoms with Crippen LogP contribution in [0.1, 0.15) is 55.0 Å². The van der Waals surface area contributed by atoms with Crippen molar-refractivity contribution in [3.8, 4) is 0 Å². The molecule has 3 amide bonds. The number of nitrogens with zero attached hydrogens (tertiary/aromatic N) is 2. The van der Waals surface area contributed by atoms with Gasteiger partial charge in [-0.05, 0) is 62.1 Å². The lowest BCUT2D eigenvalue weighted by Gasteiger charge is -2.21. The van der Waals surface area contributed by atoms with Crippen LogP contribution in [0.2, 0.25) is 0 Å². The lowest BCUT2D eigenvalue weighted by atomic mass is 10.0. The Morgan fingerprint density at radius 1 is 1.00 bits per heavy atom. The number of carbonyl (C=O) groups is 4. The highest BCUT2D eigenvalue weighted by atomic mass is 16.4. The second kappa shape index (κ2) is 6.84. The lowest BCUT2D eigenvalue weighted by Crippen LogP contribution is -2.40. The Kier molecular flexibility index (Phi) is 4.45. The number of imide groups is 1. The Morgan fingerprint density at radius 2 is 1.72 bits per heavy atom. The minimum absolute atomic E-state index is 0.160. The number of anilines is 1. The molecule has 0 unspecified atom stereocenters. The molecule has 2 aliphatic heterocycles. The van der Waals surface area contributed by atoms with Gasteiger partial charge in [-0.2, -0.15) is 0 Å². The molecule has 0 aliphatic carbocycles. The molecule has 2 aromatic rings. The Labute approximate surface area is 167 Å². The zero-order valence-electron chi connectivity index (χ0n) is 16.1. The molecule has 2 aromatic carbocycles. The van der Waals surface area contributed by atoms with Crippen molar-refractivity contribution in [3.63, 3.8) is 0 Å². The number of aliphatic carboxylic acids is 1. The summed E-state index contributed by atoms with van der Waals surface area (Å²) in [6, 6.07) is 9.03. The van der Waals surface area contributed by atoms with Crippen LogP contribution in [0.3, 0.4) is 0 Å². The summed E-state index contributed by atoms with van der Waals surface area (Å²) in [5.74, 6) is -2.39. The molecule has 0 bridgehead atoms. The molecule has 0 radical (unpaired) electrons. The molecule has 7 nitrogen and oxygen atoms in total. The van der Waals surface area contributed by atoms with Gasteiger partial charge in [-0.1, -0.05) is 12.1 Å². The maximum Gasteiger partial charge on any atom is 0.326 e. The molecule has 1 atom stereocenters. The van der Waals surface area contributed by atoms with Gasteiger partial charge < -0.3 is 10.0 Å². The predicted octanol–water partition coefficient (Wildman–Crippen LogP) is 2.79. The van der Waals surface area contributed by atoms with Crippen LogP contribution in [0.5, 0.6) is 0 Å². The molecule has 2 aliphatic rings. The van der Waals surface area contributed by atoms with E-state index in [1.165, 1.54) is 23.1 Å². The fourth-order valence-electron chi connectivity index (χ4n) is 3.99. The zero-order chi connectivity index (χ0) is 20.9. The minimum atomic E-state index is -1.04. The summed E-state index contributed by atoms with van der Waals surface area (Å²) < 4.78 is 0. The van der Waals surface area contributed by atoms with Crippen LogP contribution in [0.15, 0.2) is 36.4 Å². The van der Waals surface area contributed by atoms with Gasteiger partial charge in [-0.25, -0.2) is 9.69 Å². The molecule has 7 heteroatoms. The summed E-state index contributed by atoms with van der Waals surface area (Å²) in [6.45, 7) is 4.06. The fourth-order valence-corrected chi connectivity index (χ4v) is 3.99. The molecule has 1 fully saturated rings. The van der Waals surface area contributed by atoms with Gasteiger partial charge in [0, 0.05) is 12.1 Å². The largest absolute Gasteiger partial charge is 0.480 e. The third-order valence-electron chi connectivity index (χ3n) is 5.54. The molecule has 0 saturated carbocycles. The highest BCUT2D eigenvalue weighted by molar-refractivity contribution is 6.35. The highest BCUT2D eigenvalue weighted by Crippen LogP contribution is 2.32. The molecule has 2 heterocycles. The smallest absolute Gasteiger partial charge is 0.326 e. The first-order chi connectivity index (χ1) is 13.8. The van der Waals surface area contributed by atoms with E-state index in [1.807, 2.05) is 26.0 Å². The number of rotatable bonds is 3. The van der Waals surface area contributed by atoms with Crippen LogP contribution < -0.4 is 4.90 Å². The van der Waals surface area contributed by atoms with Gasteiger partial charge in [0.05, 0.1) is 16.8 Å². The SMILES string of the molecule is Cc1ccc(C)c(N2C(=O)c3ccc(C(=O)N4CCC[C@H]4C(=O)O)cc3C2=O)c1. The highest BCUT2D eigenvalue weighted by Gasteiger charge is 2.39. The number of carboxylic acids is 1. The fraction of sp³-hybridized carbons (Fsp3) is 0.273. The number of benzene rings is 2. The van der Waals surface area contributed by atoms with E-state index in [1.54, 1.807) is 6.07 Å². The summed E-state index contributed by atoms with van der Waals surface area (Å²) in [6.07, 6.45) is 1.02. The standard InChI is InChI=1S/C22H20N2O5/c1-12-5-6-13(2)18(10-12)24-20(26)15-8-7-14(11-16(15)21(24)27)19(25)23-9-3-4-17(23)22(28)29/h5-8,10-11,17H,3-4,9H2,1-2H3,(H,28,29)/t17-/m0/s1. The zero-order valence-corrected chi connectivity index (χ0v) is 16.1. The van der Waals surface area contributed by atoms with Crippen molar-refractivity contribution < 1.29 is 24.3 Å². The van der Waals surface area contributed by atoms with Crippen LogP contribution in [0.4, 0.5) is 5.69 Å². The van der Waals surface area contributed by atoms with E-state index in [-0.39, 0.29) is 16.7 Å². The van der Waals surface area contributed by atoms with E-state index >= 15 is 0 Å². The van der Waals surface area contributed by atoms with Gasteiger partial charge in [0.2, 0.25) is 0 Å². The number of carboxylic acid groups (broad SMARTS) is 1. The number of carbonyl (C=O) groups excluding carboxylic acids is 3. The number of aryl methyl sites for hydroxylation is 2. The molecular formula is C22H20N2O5. The lowest BCUT2D eigenvalue weighted by molar-refractivity contribution is -0.141. The summed E-state index contributed by atoms with van der Waals surface area (Å²) in [5.41, 5.74) is 2.85. The molecular weight excluding hydrogens is 372 g/mol. The van der Waals surface area contributed by atoms with E-state index in [4.69, 9.17) is 0 Å². The van der Waals surface area contributed by atoms with Crippen molar-refractivity contribution in [1.82, 2.24) is 4.90 Å². The van der Waals surface area contributed by atoms with E-state index in [2.05, 4.69) is 0 Å². The molecule has 148 valence electrons. The second-order valence-corrected chi connectivity index (χ2v) is 7.49. The van der Waals surface area contributed by atoms with Crippen molar-refractivity contribution >= 4 is 29.4 Å². The van der Waals surface area contributed by atoms with Gasteiger partial charge in [-0.15, -0.1) is 0 Å². The van der Waals surface area contributed by atoms with Crippen molar-refractivity contribution in [2.24, 2.45) is 0 Å². The normalized spacial score (nSPS) is 18.3. The van der Waals surface area contributed by atoms with Crippen LogP contribution in [0, 0.1) is 13.8 Å². The number of fused-ring (bicyclic) bond motifs is 1. The maximum absolute atomic E-state index is 13.0. The number of likely N-dealkylation sites (tertiary alicyclic amines) is 1. The Hall–Kier alpha value is -3.48. The van der Waals surface area contributed by atoms with Crippen molar-refractivity contribution in [1.29, 1.82) is 0 Å². The topological polar surface area (TPSA) is 95.0 Å². The third-order valence-corrected chi connectivity index (χ3v) is 5.54. The number of amides is 3. The van der Waals surface area contributed by atoms with Crippen LogP contribution in [0.25, 0.3) is 0 Å². The molecule has 1 saturated heterocycles. The first-order valence-corrected chi connectivity index (χ1v) is 9.43. The van der Waals surface area contributed by atoms with Gasteiger partial charge in [-0.3, -0.25) is 14.4 Å². The van der Waals surface area contributed by atoms with E-state index < -0.39 is 29.7 Å². The quantitative estimate of drug-likeness (QED) is 0.811. The van der Waals surface area contributed by atoms with E-state index in [0.29, 0.717) is 25.1 Å². The number of hydrogen-bond acceptors (Lipinski definition) is 4. The summed E-state index contributed by atoms with van der Waals surface area (Å²) in [4.78, 5) is 52.6.